The number of carbonyl (C=O) groups excluding carboxylic acids is 1. The fourth-order valence-corrected chi connectivity index (χ4v) is 2.21. The molecule has 2 aromatic heterocycles. The Balaban J connectivity index is 1.71. The van der Waals surface area contributed by atoms with Crippen LogP contribution < -0.4 is 15.0 Å². The molecule has 0 spiro atoms. The first-order valence-electron chi connectivity index (χ1n) is 7.22. The number of rotatable bonds is 4. The van der Waals surface area contributed by atoms with Crippen LogP contribution in [-0.2, 0) is 4.74 Å². The number of carbonyl (C=O) groups is 1. The third kappa shape index (κ3) is 3.72. The van der Waals surface area contributed by atoms with Crippen molar-refractivity contribution in [3.05, 3.63) is 36.4 Å². The van der Waals surface area contributed by atoms with E-state index in [9.17, 15) is 4.79 Å². The summed E-state index contributed by atoms with van der Waals surface area (Å²) in [6.45, 7) is 2.81. The lowest BCUT2D eigenvalue weighted by Gasteiger charge is -2.27. The van der Waals surface area contributed by atoms with Gasteiger partial charge in [0, 0.05) is 25.2 Å². The zero-order valence-electron chi connectivity index (χ0n) is 12.7. The average molecular weight is 315 g/mol. The number of methoxy groups -OCH3 is 1. The van der Waals surface area contributed by atoms with Crippen molar-refractivity contribution in [2.45, 2.75) is 0 Å². The first-order chi connectivity index (χ1) is 11.3. The van der Waals surface area contributed by atoms with Gasteiger partial charge in [-0.1, -0.05) is 0 Å². The molecule has 3 rings (SSSR count). The van der Waals surface area contributed by atoms with E-state index in [1.165, 1.54) is 19.6 Å². The first-order valence-corrected chi connectivity index (χ1v) is 7.22. The van der Waals surface area contributed by atoms with Crippen LogP contribution in [-0.4, -0.2) is 54.3 Å². The molecule has 0 bridgehead atoms. The second-order valence-corrected chi connectivity index (χ2v) is 4.90. The Labute approximate surface area is 133 Å². The van der Waals surface area contributed by atoms with E-state index < -0.39 is 0 Å². The predicted molar refractivity (Wildman–Crippen MR) is 83.8 cm³/mol. The highest BCUT2D eigenvalue weighted by molar-refractivity contribution is 6.03. The highest BCUT2D eigenvalue weighted by Gasteiger charge is 2.15. The van der Waals surface area contributed by atoms with Crippen molar-refractivity contribution in [3.8, 4) is 5.88 Å². The van der Waals surface area contributed by atoms with Crippen LogP contribution in [0.1, 0.15) is 10.5 Å². The van der Waals surface area contributed by atoms with Gasteiger partial charge in [0.05, 0.1) is 32.2 Å². The molecule has 1 aliphatic heterocycles. The molecule has 1 aliphatic rings. The maximum absolute atomic E-state index is 12.3. The number of amides is 1. The van der Waals surface area contributed by atoms with Crippen LogP contribution in [0.5, 0.6) is 5.88 Å². The molecule has 8 nitrogen and oxygen atoms in total. The molecule has 8 heteroatoms. The van der Waals surface area contributed by atoms with Gasteiger partial charge >= 0.3 is 0 Å². The van der Waals surface area contributed by atoms with E-state index in [1.54, 1.807) is 18.2 Å². The maximum atomic E-state index is 12.3. The van der Waals surface area contributed by atoms with Gasteiger partial charge in [0.2, 0.25) is 5.88 Å². The topological polar surface area (TPSA) is 89.5 Å². The number of hydrogen-bond acceptors (Lipinski definition) is 7. The van der Waals surface area contributed by atoms with E-state index >= 15 is 0 Å². The van der Waals surface area contributed by atoms with Gasteiger partial charge in [-0.05, 0) is 6.07 Å². The van der Waals surface area contributed by atoms with Gasteiger partial charge in [-0.25, -0.2) is 15.0 Å². The number of hydrogen-bond donors (Lipinski definition) is 1. The smallest absolute Gasteiger partial charge is 0.274 e. The molecular weight excluding hydrogens is 298 g/mol. The summed E-state index contributed by atoms with van der Waals surface area (Å²) in [4.78, 5) is 26.7. The van der Waals surface area contributed by atoms with Gasteiger partial charge in [-0.2, -0.15) is 0 Å². The van der Waals surface area contributed by atoms with Gasteiger partial charge in [-0.15, -0.1) is 0 Å². The minimum atomic E-state index is -0.311. The van der Waals surface area contributed by atoms with E-state index in [1.807, 2.05) is 0 Å². The minimum Gasteiger partial charge on any atom is -0.481 e. The Hall–Kier alpha value is -2.74. The summed E-state index contributed by atoms with van der Waals surface area (Å²) in [5.41, 5.74) is 0.875. The van der Waals surface area contributed by atoms with E-state index in [2.05, 4.69) is 25.2 Å². The van der Waals surface area contributed by atoms with Crippen LogP contribution in [0.3, 0.4) is 0 Å². The molecular formula is C15H17N5O3. The Morgan fingerprint density at radius 1 is 1.26 bits per heavy atom. The van der Waals surface area contributed by atoms with Crippen molar-refractivity contribution in [1.82, 2.24) is 15.0 Å². The number of aromatic nitrogens is 3. The molecule has 0 aromatic carbocycles. The molecule has 0 saturated carbocycles. The first kappa shape index (κ1) is 15.2. The van der Waals surface area contributed by atoms with Gasteiger partial charge in [0.1, 0.15) is 17.8 Å². The summed E-state index contributed by atoms with van der Waals surface area (Å²) in [7, 11) is 1.54. The lowest BCUT2D eigenvalue weighted by Crippen LogP contribution is -2.37. The van der Waals surface area contributed by atoms with Crippen LogP contribution in [0.25, 0.3) is 0 Å². The zero-order valence-corrected chi connectivity index (χ0v) is 12.7. The Morgan fingerprint density at radius 2 is 2.09 bits per heavy atom. The largest absolute Gasteiger partial charge is 0.481 e. The number of morpholine rings is 1. The van der Waals surface area contributed by atoms with Crippen molar-refractivity contribution in [2.75, 3.05) is 43.6 Å². The SMILES string of the molecule is COc1ccc(NC(=O)c2cc(N3CCOCC3)ncn2)cn1. The quantitative estimate of drug-likeness (QED) is 0.899. The molecule has 23 heavy (non-hydrogen) atoms. The van der Waals surface area contributed by atoms with Crippen molar-refractivity contribution >= 4 is 17.4 Å². The van der Waals surface area contributed by atoms with Gasteiger partial charge < -0.3 is 19.7 Å². The number of nitrogens with zero attached hydrogens (tertiary/aromatic N) is 4. The summed E-state index contributed by atoms with van der Waals surface area (Å²) < 4.78 is 10.3. The summed E-state index contributed by atoms with van der Waals surface area (Å²) in [5.74, 6) is 0.898. The van der Waals surface area contributed by atoms with E-state index in [0.29, 0.717) is 30.5 Å². The lowest BCUT2D eigenvalue weighted by atomic mass is 10.3. The summed E-state index contributed by atoms with van der Waals surface area (Å²) >= 11 is 0. The van der Waals surface area contributed by atoms with Gasteiger partial charge in [0.15, 0.2) is 0 Å². The van der Waals surface area contributed by atoms with Crippen LogP contribution >= 0.6 is 0 Å². The Bertz CT molecular complexity index is 671. The second-order valence-electron chi connectivity index (χ2n) is 4.90. The third-order valence-electron chi connectivity index (χ3n) is 3.42. The molecule has 0 radical (unpaired) electrons. The third-order valence-corrected chi connectivity index (χ3v) is 3.42. The second kappa shape index (κ2) is 7.01. The highest BCUT2D eigenvalue weighted by atomic mass is 16.5. The number of ether oxygens (including phenoxy) is 2. The van der Waals surface area contributed by atoms with Crippen molar-refractivity contribution in [3.63, 3.8) is 0 Å². The van der Waals surface area contributed by atoms with Gasteiger partial charge in [-0.3, -0.25) is 4.79 Å². The molecule has 0 atom stereocenters. The normalized spacial score (nSPS) is 14.4. The van der Waals surface area contributed by atoms with Crippen molar-refractivity contribution in [2.24, 2.45) is 0 Å². The number of pyridine rings is 1. The van der Waals surface area contributed by atoms with E-state index in [-0.39, 0.29) is 5.91 Å². The van der Waals surface area contributed by atoms with Crippen molar-refractivity contribution in [1.29, 1.82) is 0 Å². The van der Waals surface area contributed by atoms with Crippen LogP contribution in [0.2, 0.25) is 0 Å². The summed E-state index contributed by atoms with van der Waals surface area (Å²) in [5, 5.41) is 2.75. The number of nitrogens with one attached hydrogen (secondary N) is 1. The molecule has 1 fully saturated rings. The molecule has 1 N–H and O–H groups in total. The van der Waals surface area contributed by atoms with Crippen molar-refractivity contribution < 1.29 is 14.3 Å². The minimum absolute atomic E-state index is 0.303. The fourth-order valence-electron chi connectivity index (χ4n) is 2.21. The summed E-state index contributed by atoms with van der Waals surface area (Å²) in [6.07, 6.45) is 2.92. The molecule has 0 aliphatic carbocycles. The van der Waals surface area contributed by atoms with Crippen LogP contribution in [0.15, 0.2) is 30.7 Å². The molecule has 3 heterocycles. The number of anilines is 2. The molecule has 2 aromatic rings. The highest BCUT2D eigenvalue weighted by Crippen LogP contribution is 2.15. The Morgan fingerprint density at radius 3 is 2.78 bits per heavy atom. The standard InChI is InChI=1S/C15H17N5O3/c1-22-14-3-2-11(9-16-14)19-15(21)12-8-13(18-10-17-12)20-4-6-23-7-5-20/h2-3,8-10H,4-7H2,1H3,(H,19,21). The van der Waals surface area contributed by atoms with Crippen LogP contribution in [0, 0.1) is 0 Å². The molecule has 0 unspecified atom stereocenters. The predicted octanol–water partition coefficient (Wildman–Crippen LogP) is 0.969. The summed E-state index contributed by atoms with van der Waals surface area (Å²) in [6, 6.07) is 5.07. The zero-order chi connectivity index (χ0) is 16.1. The lowest BCUT2D eigenvalue weighted by molar-refractivity contribution is 0.102. The van der Waals surface area contributed by atoms with Crippen LogP contribution in [0.4, 0.5) is 11.5 Å². The average Bonchev–Trinajstić information content (AvgIpc) is 2.63. The van der Waals surface area contributed by atoms with Gasteiger partial charge in [0.25, 0.3) is 5.91 Å². The van der Waals surface area contributed by atoms with E-state index in [0.717, 1.165) is 18.9 Å². The fraction of sp³-hybridized carbons (Fsp3) is 0.333. The molecule has 1 amide bonds. The van der Waals surface area contributed by atoms with E-state index in [4.69, 9.17) is 9.47 Å². The monoisotopic (exact) mass is 315 g/mol. The Kier molecular flexibility index (Phi) is 4.62. The molecule has 120 valence electrons. The maximum Gasteiger partial charge on any atom is 0.274 e. The molecule has 1 saturated heterocycles.